The summed E-state index contributed by atoms with van der Waals surface area (Å²) in [6, 6.07) is 15.3. The molecule has 4 heteroatoms. The third kappa shape index (κ3) is 4.67. The van der Waals surface area contributed by atoms with Gasteiger partial charge in [-0.25, -0.2) is 4.39 Å². The van der Waals surface area contributed by atoms with E-state index in [4.69, 9.17) is 0 Å². The van der Waals surface area contributed by atoms with E-state index < -0.39 is 0 Å². The molecule has 26 heavy (non-hydrogen) atoms. The van der Waals surface area contributed by atoms with Crippen LogP contribution in [0.15, 0.2) is 48.5 Å². The van der Waals surface area contributed by atoms with Crippen molar-refractivity contribution in [3.63, 3.8) is 0 Å². The molecule has 0 saturated carbocycles. The second-order valence-electron chi connectivity index (χ2n) is 7.12. The first-order valence-corrected chi connectivity index (χ1v) is 10.3. The minimum absolute atomic E-state index is 0.124. The molecule has 1 aliphatic rings. The number of hydrogen-bond donors (Lipinski definition) is 0. The summed E-state index contributed by atoms with van der Waals surface area (Å²) in [5.41, 5.74) is 3.11. The van der Waals surface area contributed by atoms with Gasteiger partial charge in [-0.05, 0) is 29.5 Å². The third-order valence-corrected chi connectivity index (χ3v) is 6.26. The topological polar surface area (TPSA) is 20.3 Å². The van der Waals surface area contributed by atoms with E-state index in [9.17, 15) is 9.18 Å². The van der Waals surface area contributed by atoms with Crippen molar-refractivity contribution >= 4 is 17.7 Å². The van der Waals surface area contributed by atoms with Crippen LogP contribution in [-0.4, -0.2) is 29.6 Å². The van der Waals surface area contributed by atoms with Gasteiger partial charge < -0.3 is 4.90 Å². The molecule has 0 bridgehead atoms. The third-order valence-electron chi connectivity index (χ3n) is 4.95. The largest absolute Gasteiger partial charge is 0.342 e. The van der Waals surface area contributed by atoms with E-state index in [1.165, 1.54) is 11.6 Å². The molecule has 0 radical (unpaired) electrons. The molecule has 1 fully saturated rings. The minimum Gasteiger partial charge on any atom is -0.342 e. The molecule has 138 valence electrons. The molecule has 0 aromatic heterocycles. The molecule has 1 amide bonds. The van der Waals surface area contributed by atoms with Crippen molar-refractivity contribution in [2.45, 2.75) is 37.9 Å². The molecule has 1 atom stereocenters. The monoisotopic (exact) mass is 371 g/mol. The predicted molar refractivity (Wildman–Crippen MR) is 107 cm³/mol. The van der Waals surface area contributed by atoms with Crippen LogP contribution in [0.25, 0.3) is 0 Å². The van der Waals surface area contributed by atoms with Gasteiger partial charge in [-0.2, -0.15) is 11.8 Å². The van der Waals surface area contributed by atoms with E-state index >= 15 is 0 Å². The van der Waals surface area contributed by atoms with Crippen LogP contribution in [0, 0.1) is 5.82 Å². The average molecular weight is 372 g/mol. The fourth-order valence-electron chi connectivity index (χ4n) is 3.31. The summed E-state index contributed by atoms with van der Waals surface area (Å²) >= 11 is 1.75. The summed E-state index contributed by atoms with van der Waals surface area (Å²) in [4.78, 5) is 14.6. The summed E-state index contributed by atoms with van der Waals surface area (Å²) in [7, 11) is 0. The average Bonchev–Trinajstić information content (AvgIpc) is 2.89. The van der Waals surface area contributed by atoms with Crippen molar-refractivity contribution in [2.24, 2.45) is 0 Å². The molecule has 1 saturated heterocycles. The van der Waals surface area contributed by atoms with Gasteiger partial charge in [0, 0.05) is 29.7 Å². The maximum atomic E-state index is 14.0. The zero-order valence-corrected chi connectivity index (χ0v) is 16.3. The van der Waals surface area contributed by atoms with Crippen molar-refractivity contribution in [1.29, 1.82) is 0 Å². The fourth-order valence-corrected chi connectivity index (χ4v) is 4.56. The standard InChI is InChI=1S/C22H26FNOS/c1-16(2)18-9-7-17(8-10-18)15-22(25)24-12-11-21(26-14-13-24)19-5-3-4-6-20(19)23/h3-10,16,21H,11-15H2,1-2H3. The number of carbonyl (C=O) groups is 1. The highest BCUT2D eigenvalue weighted by atomic mass is 32.2. The molecule has 1 aliphatic heterocycles. The van der Waals surface area contributed by atoms with Gasteiger partial charge in [0.2, 0.25) is 5.91 Å². The van der Waals surface area contributed by atoms with Crippen molar-refractivity contribution in [3.05, 3.63) is 71.0 Å². The van der Waals surface area contributed by atoms with Gasteiger partial charge in [-0.3, -0.25) is 4.79 Å². The van der Waals surface area contributed by atoms with E-state index in [0.717, 1.165) is 29.8 Å². The predicted octanol–water partition coefficient (Wildman–Crippen LogP) is 5.20. The van der Waals surface area contributed by atoms with Gasteiger partial charge in [0.15, 0.2) is 0 Å². The van der Waals surface area contributed by atoms with Crippen LogP contribution in [0.2, 0.25) is 0 Å². The Balaban J connectivity index is 1.60. The summed E-state index contributed by atoms with van der Waals surface area (Å²) in [5.74, 6) is 1.36. The Kier molecular flexibility index (Phi) is 6.36. The number of thioether (sulfide) groups is 1. The molecule has 1 unspecified atom stereocenters. The Hall–Kier alpha value is -1.81. The first-order valence-electron chi connectivity index (χ1n) is 9.27. The van der Waals surface area contributed by atoms with E-state index in [-0.39, 0.29) is 17.0 Å². The first-order chi connectivity index (χ1) is 12.5. The maximum absolute atomic E-state index is 14.0. The van der Waals surface area contributed by atoms with Gasteiger partial charge in [-0.1, -0.05) is 56.3 Å². The molecule has 3 rings (SSSR count). The number of carbonyl (C=O) groups excluding carboxylic acids is 1. The smallest absolute Gasteiger partial charge is 0.227 e. The zero-order valence-electron chi connectivity index (χ0n) is 15.5. The summed E-state index contributed by atoms with van der Waals surface area (Å²) in [6.07, 6.45) is 1.23. The molecular formula is C22H26FNOS. The van der Waals surface area contributed by atoms with Gasteiger partial charge in [0.1, 0.15) is 5.82 Å². The van der Waals surface area contributed by atoms with Crippen molar-refractivity contribution < 1.29 is 9.18 Å². The Labute approximate surface area is 159 Å². The molecule has 0 N–H and O–H groups in total. The maximum Gasteiger partial charge on any atom is 0.227 e. The lowest BCUT2D eigenvalue weighted by molar-refractivity contribution is -0.130. The summed E-state index contributed by atoms with van der Waals surface area (Å²) in [6.45, 7) is 5.76. The van der Waals surface area contributed by atoms with Crippen LogP contribution in [0.3, 0.4) is 0 Å². The molecule has 0 spiro atoms. The highest BCUT2D eigenvalue weighted by molar-refractivity contribution is 7.99. The van der Waals surface area contributed by atoms with Crippen molar-refractivity contribution in [2.75, 3.05) is 18.8 Å². The Morgan fingerprint density at radius 2 is 1.88 bits per heavy atom. The Morgan fingerprint density at radius 1 is 1.15 bits per heavy atom. The lowest BCUT2D eigenvalue weighted by Gasteiger charge is -2.20. The van der Waals surface area contributed by atoms with Crippen LogP contribution in [0.5, 0.6) is 0 Å². The molecular weight excluding hydrogens is 345 g/mol. The molecule has 1 heterocycles. The minimum atomic E-state index is -0.144. The van der Waals surface area contributed by atoms with Crippen molar-refractivity contribution in [3.8, 4) is 0 Å². The Bertz CT molecular complexity index is 744. The normalized spacial score (nSPS) is 18.0. The van der Waals surface area contributed by atoms with Crippen LogP contribution in [0.1, 0.15) is 48.1 Å². The molecule has 2 aromatic carbocycles. The van der Waals surface area contributed by atoms with Gasteiger partial charge >= 0.3 is 0 Å². The highest BCUT2D eigenvalue weighted by Crippen LogP contribution is 2.35. The lowest BCUT2D eigenvalue weighted by Crippen LogP contribution is -2.34. The molecule has 0 aliphatic carbocycles. The molecule has 2 nitrogen and oxygen atoms in total. The van der Waals surface area contributed by atoms with Crippen LogP contribution >= 0.6 is 11.8 Å². The van der Waals surface area contributed by atoms with Crippen molar-refractivity contribution in [1.82, 2.24) is 4.90 Å². The fraction of sp³-hybridized carbons (Fsp3) is 0.409. The quantitative estimate of drug-likeness (QED) is 0.736. The van der Waals surface area contributed by atoms with Crippen LogP contribution in [0.4, 0.5) is 4.39 Å². The molecule has 2 aromatic rings. The van der Waals surface area contributed by atoms with Gasteiger partial charge in [0.25, 0.3) is 0 Å². The van der Waals surface area contributed by atoms with E-state index in [1.807, 2.05) is 17.0 Å². The van der Waals surface area contributed by atoms with Crippen LogP contribution < -0.4 is 0 Å². The number of benzene rings is 2. The second-order valence-corrected chi connectivity index (χ2v) is 8.43. The lowest BCUT2D eigenvalue weighted by atomic mass is 10.0. The number of hydrogen-bond acceptors (Lipinski definition) is 2. The Morgan fingerprint density at radius 3 is 2.58 bits per heavy atom. The van der Waals surface area contributed by atoms with Gasteiger partial charge in [0.05, 0.1) is 6.42 Å². The SMILES string of the molecule is CC(C)c1ccc(CC(=O)N2CCSC(c3ccccc3F)CC2)cc1. The number of nitrogens with zero attached hydrogens (tertiary/aromatic N) is 1. The van der Waals surface area contributed by atoms with Gasteiger partial charge in [-0.15, -0.1) is 0 Å². The van der Waals surface area contributed by atoms with E-state index in [1.54, 1.807) is 17.8 Å². The summed E-state index contributed by atoms with van der Waals surface area (Å²) in [5, 5.41) is 0.124. The second kappa shape index (κ2) is 8.72. The summed E-state index contributed by atoms with van der Waals surface area (Å²) < 4.78 is 14.0. The number of halogens is 1. The van der Waals surface area contributed by atoms with Crippen LogP contribution in [-0.2, 0) is 11.2 Å². The zero-order chi connectivity index (χ0) is 18.5. The van der Waals surface area contributed by atoms with E-state index in [0.29, 0.717) is 18.9 Å². The number of amides is 1. The van der Waals surface area contributed by atoms with E-state index in [2.05, 4.69) is 38.1 Å². The highest BCUT2D eigenvalue weighted by Gasteiger charge is 2.23. The number of rotatable bonds is 4. The first kappa shape index (κ1) is 19.0.